The number of halogens is 1. The maximum Gasteiger partial charge on any atom is 0.250 e. The van der Waals surface area contributed by atoms with Gasteiger partial charge in [0.2, 0.25) is 20.0 Å². The Kier molecular flexibility index (Phi) is 5.63. The molecule has 2 aromatic rings. The molecule has 2 rings (SSSR count). The highest BCUT2D eigenvalue weighted by atomic mass is 32.2. The van der Waals surface area contributed by atoms with Gasteiger partial charge in [-0.3, -0.25) is 4.31 Å². The maximum absolute atomic E-state index is 13.3. The van der Waals surface area contributed by atoms with Gasteiger partial charge in [-0.1, -0.05) is 6.07 Å². The van der Waals surface area contributed by atoms with Gasteiger partial charge in [0.1, 0.15) is 10.0 Å². The number of hydrogen-bond donors (Lipinski definition) is 1. The van der Waals surface area contributed by atoms with Crippen LogP contribution in [0.3, 0.4) is 0 Å². The van der Waals surface area contributed by atoms with E-state index in [-0.39, 0.29) is 23.0 Å². The summed E-state index contributed by atoms with van der Waals surface area (Å²) in [5.74, 6) is -0.573. The summed E-state index contributed by atoms with van der Waals surface area (Å²) >= 11 is 1.13. The number of nitrogens with zero attached hydrogens (tertiary/aromatic N) is 1. The van der Waals surface area contributed by atoms with Crippen LogP contribution in [0.5, 0.6) is 0 Å². The summed E-state index contributed by atoms with van der Waals surface area (Å²) in [6.45, 7) is 1.51. The minimum Gasteiger partial charge on any atom is -0.269 e. The first-order valence-electron chi connectivity index (χ1n) is 6.89. The number of nitrogens with one attached hydrogen (secondary N) is 1. The molecule has 1 aromatic heterocycles. The second kappa shape index (κ2) is 7.18. The Bertz CT molecular complexity index is 923. The Morgan fingerprint density at radius 3 is 2.42 bits per heavy atom. The molecular weight excluding hydrogens is 375 g/mol. The molecule has 10 heteroatoms. The average Bonchev–Trinajstić information content (AvgIpc) is 2.90. The third-order valence-electron chi connectivity index (χ3n) is 3.08. The minimum atomic E-state index is -3.70. The summed E-state index contributed by atoms with van der Waals surface area (Å²) < 4.78 is 64.9. The summed E-state index contributed by atoms with van der Waals surface area (Å²) in [6.07, 6.45) is 0.981. The van der Waals surface area contributed by atoms with Crippen molar-refractivity contribution in [1.82, 2.24) is 4.72 Å². The molecule has 0 amide bonds. The predicted octanol–water partition coefficient (Wildman–Crippen LogP) is 1.94. The molecule has 6 nitrogen and oxygen atoms in total. The van der Waals surface area contributed by atoms with Crippen LogP contribution in [0.1, 0.15) is 4.88 Å². The molecule has 0 aliphatic rings. The lowest BCUT2D eigenvalue weighted by Gasteiger charge is -2.22. The van der Waals surface area contributed by atoms with Gasteiger partial charge in [0, 0.05) is 18.0 Å². The van der Waals surface area contributed by atoms with Crippen LogP contribution in [0.2, 0.25) is 0 Å². The highest BCUT2D eigenvalue weighted by Gasteiger charge is 2.20. The zero-order valence-electron chi connectivity index (χ0n) is 13.1. The first kappa shape index (κ1) is 18.8. The van der Waals surface area contributed by atoms with Crippen molar-refractivity contribution in [2.24, 2.45) is 0 Å². The second-order valence-electron chi connectivity index (χ2n) is 5.08. The number of sulfonamides is 2. The van der Waals surface area contributed by atoms with Gasteiger partial charge in [0.05, 0.1) is 11.9 Å². The molecule has 0 spiro atoms. The molecule has 0 unspecified atom stereocenters. The van der Waals surface area contributed by atoms with Gasteiger partial charge >= 0.3 is 0 Å². The van der Waals surface area contributed by atoms with E-state index in [9.17, 15) is 21.2 Å². The zero-order valence-corrected chi connectivity index (χ0v) is 15.5. The minimum absolute atomic E-state index is 0.136. The Morgan fingerprint density at radius 1 is 1.17 bits per heavy atom. The molecule has 0 bridgehead atoms. The molecule has 0 fully saturated rings. The van der Waals surface area contributed by atoms with E-state index in [0.29, 0.717) is 0 Å². The summed E-state index contributed by atoms with van der Waals surface area (Å²) in [6, 6.07) is 8.30. The van der Waals surface area contributed by atoms with Crippen molar-refractivity contribution in [3.05, 3.63) is 47.1 Å². The van der Waals surface area contributed by atoms with Crippen molar-refractivity contribution in [2.45, 2.75) is 11.1 Å². The monoisotopic (exact) mass is 392 g/mol. The molecule has 0 radical (unpaired) electrons. The lowest BCUT2D eigenvalue weighted by atomic mass is 10.3. The lowest BCUT2D eigenvalue weighted by Crippen LogP contribution is -2.38. The molecule has 24 heavy (non-hydrogen) atoms. The SMILES string of the molecule is Cc1ccc(S(=O)(=O)NCCN(c2cccc(F)c2)S(C)(=O)=O)s1. The Labute approximate surface area is 145 Å². The largest absolute Gasteiger partial charge is 0.269 e. The van der Waals surface area contributed by atoms with Crippen molar-refractivity contribution in [1.29, 1.82) is 0 Å². The molecule has 0 aliphatic heterocycles. The van der Waals surface area contributed by atoms with Crippen LogP contribution in [0, 0.1) is 12.7 Å². The van der Waals surface area contributed by atoms with Crippen LogP contribution in [0.4, 0.5) is 10.1 Å². The first-order chi connectivity index (χ1) is 11.1. The van der Waals surface area contributed by atoms with Gasteiger partial charge in [0.15, 0.2) is 0 Å². The Morgan fingerprint density at radius 2 is 1.88 bits per heavy atom. The van der Waals surface area contributed by atoms with Crippen LogP contribution < -0.4 is 9.03 Å². The van der Waals surface area contributed by atoms with Crippen LogP contribution in [-0.2, 0) is 20.0 Å². The van der Waals surface area contributed by atoms with Crippen LogP contribution in [0.25, 0.3) is 0 Å². The smallest absolute Gasteiger partial charge is 0.250 e. The van der Waals surface area contributed by atoms with Crippen LogP contribution >= 0.6 is 11.3 Å². The number of rotatable bonds is 7. The van der Waals surface area contributed by atoms with E-state index < -0.39 is 25.9 Å². The topological polar surface area (TPSA) is 83.6 Å². The molecule has 1 aromatic carbocycles. The quantitative estimate of drug-likeness (QED) is 0.781. The normalized spacial score (nSPS) is 12.3. The van der Waals surface area contributed by atoms with E-state index in [2.05, 4.69) is 4.72 Å². The summed E-state index contributed by atoms with van der Waals surface area (Å²) in [5, 5.41) is 0. The van der Waals surface area contributed by atoms with E-state index in [4.69, 9.17) is 0 Å². The number of aryl methyl sites for hydroxylation is 1. The molecule has 1 heterocycles. The first-order valence-corrected chi connectivity index (χ1v) is 11.0. The standard InChI is InChI=1S/C14H17FN2O4S3/c1-11-6-7-14(22-11)24(20,21)16-8-9-17(23(2,18)19)13-5-3-4-12(15)10-13/h3-7,10,16H,8-9H2,1-2H3. The fourth-order valence-electron chi connectivity index (χ4n) is 2.03. The van der Waals surface area contributed by atoms with E-state index in [1.54, 1.807) is 13.0 Å². The van der Waals surface area contributed by atoms with Crippen molar-refractivity contribution in [3.63, 3.8) is 0 Å². The number of hydrogen-bond acceptors (Lipinski definition) is 5. The van der Waals surface area contributed by atoms with Crippen LogP contribution in [-0.4, -0.2) is 36.2 Å². The molecular formula is C14H17FN2O4S3. The van der Waals surface area contributed by atoms with Gasteiger partial charge in [0.25, 0.3) is 0 Å². The van der Waals surface area contributed by atoms with Crippen LogP contribution in [0.15, 0.2) is 40.6 Å². The zero-order chi connectivity index (χ0) is 18.0. The average molecular weight is 392 g/mol. The third kappa shape index (κ3) is 4.76. The second-order valence-corrected chi connectivity index (χ2v) is 10.3. The van der Waals surface area contributed by atoms with E-state index >= 15 is 0 Å². The molecule has 132 valence electrons. The molecule has 0 saturated heterocycles. The van der Waals surface area contributed by atoms with E-state index in [0.717, 1.165) is 32.8 Å². The Hall–Kier alpha value is -1.49. The van der Waals surface area contributed by atoms with Gasteiger partial charge in [-0.05, 0) is 37.3 Å². The van der Waals surface area contributed by atoms with Gasteiger partial charge < -0.3 is 0 Å². The number of benzene rings is 1. The summed E-state index contributed by atoms with van der Waals surface area (Å²) in [4.78, 5) is 0.855. The third-order valence-corrected chi connectivity index (χ3v) is 7.23. The highest BCUT2D eigenvalue weighted by molar-refractivity contribution is 7.92. The fraction of sp³-hybridized carbons (Fsp3) is 0.286. The lowest BCUT2D eigenvalue weighted by molar-refractivity contribution is 0.579. The molecule has 1 N–H and O–H groups in total. The molecule has 0 atom stereocenters. The number of anilines is 1. The molecule has 0 saturated carbocycles. The van der Waals surface area contributed by atoms with Gasteiger partial charge in [-0.2, -0.15) is 0 Å². The molecule has 0 aliphatic carbocycles. The predicted molar refractivity (Wildman–Crippen MR) is 92.8 cm³/mol. The highest BCUT2D eigenvalue weighted by Crippen LogP contribution is 2.21. The van der Waals surface area contributed by atoms with E-state index in [1.807, 2.05) is 0 Å². The fourth-order valence-corrected chi connectivity index (χ4v) is 5.30. The Balaban J connectivity index is 2.12. The van der Waals surface area contributed by atoms with Crippen molar-refractivity contribution < 1.29 is 21.2 Å². The van der Waals surface area contributed by atoms with Gasteiger partial charge in [-0.15, -0.1) is 11.3 Å². The van der Waals surface area contributed by atoms with Crippen molar-refractivity contribution in [2.75, 3.05) is 23.7 Å². The summed E-state index contributed by atoms with van der Waals surface area (Å²) in [5.41, 5.74) is 0.142. The number of thiophene rings is 1. The van der Waals surface area contributed by atoms with Crippen molar-refractivity contribution in [3.8, 4) is 0 Å². The maximum atomic E-state index is 13.3. The van der Waals surface area contributed by atoms with Gasteiger partial charge in [-0.25, -0.2) is 25.9 Å². The van der Waals surface area contributed by atoms with E-state index in [1.165, 1.54) is 24.3 Å². The van der Waals surface area contributed by atoms with Crippen molar-refractivity contribution >= 4 is 37.1 Å². The summed E-state index contributed by atoms with van der Waals surface area (Å²) in [7, 11) is -7.38.